The van der Waals surface area contributed by atoms with E-state index in [0.717, 1.165) is 6.54 Å². The first-order chi connectivity index (χ1) is 5.83. The van der Waals surface area contributed by atoms with Crippen molar-refractivity contribution >= 4 is 11.3 Å². The summed E-state index contributed by atoms with van der Waals surface area (Å²) in [5.41, 5.74) is 0. The van der Waals surface area contributed by atoms with E-state index in [1.807, 2.05) is 13.0 Å². The van der Waals surface area contributed by atoms with Gasteiger partial charge in [0.05, 0.1) is 12.5 Å². The molecule has 0 aliphatic heterocycles. The molecule has 12 heavy (non-hydrogen) atoms. The molecule has 1 aromatic heterocycles. The van der Waals surface area contributed by atoms with E-state index in [1.54, 1.807) is 11.3 Å². The molecule has 64 valence electrons. The number of nitriles is 1. The monoisotopic (exact) mass is 180 g/mol. The average Bonchev–Trinajstić information content (AvgIpc) is 2.53. The Labute approximate surface area is 76.8 Å². The predicted molar refractivity (Wildman–Crippen MR) is 50.9 cm³/mol. The Kier molecular flexibility index (Phi) is 3.78. The van der Waals surface area contributed by atoms with Gasteiger partial charge >= 0.3 is 0 Å². The van der Waals surface area contributed by atoms with Gasteiger partial charge in [0, 0.05) is 17.5 Å². The number of hydrogen-bond acceptors (Lipinski definition) is 3. The van der Waals surface area contributed by atoms with E-state index in [2.05, 4.69) is 22.8 Å². The predicted octanol–water partition coefficient (Wildman–Crippen LogP) is 2.14. The Morgan fingerprint density at radius 1 is 1.75 bits per heavy atom. The fourth-order valence-corrected chi connectivity index (χ4v) is 1.55. The zero-order valence-electron chi connectivity index (χ0n) is 7.08. The zero-order valence-corrected chi connectivity index (χ0v) is 7.90. The van der Waals surface area contributed by atoms with Gasteiger partial charge in [0.2, 0.25) is 0 Å². The molecule has 1 heterocycles. The number of nitrogens with one attached hydrogen (secondary N) is 1. The summed E-state index contributed by atoms with van der Waals surface area (Å²) in [6.45, 7) is 2.90. The second-order valence-electron chi connectivity index (χ2n) is 2.72. The van der Waals surface area contributed by atoms with Crippen LogP contribution in [0.4, 0.5) is 0 Å². The summed E-state index contributed by atoms with van der Waals surface area (Å²) in [6, 6.07) is 6.56. The minimum atomic E-state index is 0.289. The van der Waals surface area contributed by atoms with Crippen LogP contribution < -0.4 is 5.32 Å². The van der Waals surface area contributed by atoms with Crippen molar-refractivity contribution in [1.82, 2.24) is 5.32 Å². The minimum Gasteiger partial charge on any atom is -0.308 e. The van der Waals surface area contributed by atoms with Crippen molar-refractivity contribution in [3.05, 3.63) is 22.4 Å². The van der Waals surface area contributed by atoms with E-state index in [0.29, 0.717) is 6.42 Å². The van der Waals surface area contributed by atoms with E-state index in [4.69, 9.17) is 5.26 Å². The standard InChI is InChI=1S/C9H12N2S/c1-8(4-5-10)11-7-9-3-2-6-12-9/h2-3,6,8,11H,4,7H2,1H3. The average molecular weight is 180 g/mol. The maximum Gasteiger partial charge on any atom is 0.0638 e. The molecule has 0 aliphatic rings. The Morgan fingerprint density at radius 2 is 2.58 bits per heavy atom. The lowest BCUT2D eigenvalue weighted by atomic mass is 10.2. The maximum absolute atomic E-state index is 8.41. The summed E-state index contributed by atoms with van der Waals surface area (Å²) in [7, 11) is 0. The smallest absolute Gasteiger partial charge is 0.0638 e. The highest BCUT2D eigenvalue weighted by Gasteiger charge is 1.99. The van der Waals surface area contributed by atoms with Crippen LogP contribution in [0.3, 0.4) is 0 Å². The number of hydrogen-bond donors (Lipinski definition) is 1. The van der Waals surface area contributed by atoms with E-state index < -0.39 is 0 Å². The molecular weight excluding hydrogens is 168 g/mol. The van der Waals surface area contributed by atoms with Gasteiger partial charge in [-0.1, -0.05) is 6.07 Å². The van der Waals surface area contributed by atoms with Crippen LogP contribution in [0.5, 0.6) is 0 Å². The SMILES string of the molecule is CC(CC#N)NCc1cccs1. The fraction of sp³-hybridized carbons (Fsp3) is 0.444. The molecule has 0 amide bonds. The van der Waals surface area contributed by atoms with Crippen LogP contribution in [0.15, 0.2) is 17.5 Å². The van der Waals surface area contributed by atoms with Crippen molar-refractivity contribution in [3.8, 4) is 6.07 Å². The van der Waals surface area contributed by atoms with Gasteiger partial charge in [-0.2, -0.15) is 5.26 Å². The number of thiophene rings is 1. The van der Waals surface area contributed by atoms with Crippen molar-refractivity contribution in [2.24, 2.45) is 0 Å². The summed E-state index contributed by atoms with van der Waals surface area (Å²) in [6.07, 6.45) is 0.575. The molecule has 1 rings (SSSR count). The molecular formula is C9H12N2S. The van der Waals surface area contributed by atoms with Gasteiger partial charge < -0.3 is 5.32 Å². The first-order valence-electron chi connectivity index (χ1n) is 3.95. The van der Waals surface area contributed by atoms with Crippen molar-refractivity contribution in [3.63, 3.8) is 0 Å². The highest BCUT2D eigenvalue weighted by atomic mass is 32.1. The molecule has 1 unspecified atom stereocenters. The van der Waals surface area contributed by atoms with Gasteiger partial charge in [-0.25, -0.2) is 0 Å². The first-order valence-corrected chi connectivity index (χ1v) is 4.83. The van der Waals surface area contributed by atoms with Crippen LogP contribution in [-0.2, 0) is 6.54 Å². The van der Waals surface area contributed by atoms with E-state index in [-0.39, 0.29) is 6.04 Å². The van der Waals surface area contributed by atoms with Gasteiger partial charge in [-0.05, 0) is 18.4 Å². The quantitative estimate of drug-likeness (QED) is 0.770. The molecule has 1 aromatic rings. The summed E-state index contributed by atoms with van der Waals surface area (Å²) < 4.78 is 0. The highest BCUT2D eigenvalue weighted by Crippen LogP contribution is 2.07. The summed E-state index contributed by atoms with van der Waals surface area (Å²) in [4.78, 5) is 1.32. The normalized spacial score (nSPS) is 12.3. The lowest BCUT2D eigenvalue weighted by Gasteiger charge is -2.07. The summed E-state index contributed by atoms with van der Waals surface area (Å²) >= 11 is 1.74. The lowest BCUT2D eigenvalue weighted by Crippen LogP contribution is -2.24. The molecule has 0 radical (unpaired) electrons. The molecule has 0 saturated heterocycles. The molecule has 3 heteroatoms. The van der Waals surface area contributed by atoms with Gasteiger partial charge in [0.25, 0.3) is 0 Å². The lowest BCUT2D eigenvalue weighted by molar-refractivity contribution is 0.561. The molecule has 0 bridgehead atoms. The van der Waals surface area contributed by atoms with Gasteiger partial charge in [-0.15, -0.1) is 11.3 Å². The largest absolute Gasteiger partial charge is 0.308 e. The Hall–Kier alpha value is -0.850. The topological polar surface area (TPSA) is 35.8 Å². The molecule has 0 aliphatic carbocycles. The third kappa shape index (κ3) is 3.04. The van der Waals surface area contributed by atoms with Crippen LogP contribution in [0, 0.1) is 11.3 Å². The Morgan fingerprint density at radius 3 is 3.17 bits per heavy atom. The Balaban J connectivity index is 2.23. The van der Waals surface area contributed by atoms with Crippen molar-refractivity contribution < 1.29 is 0 Å². The van der Waals surface area contributed by atoms with Crippen molar-refractivity contribution in [1.29, 1.82) is 5.26 Å². The van der Waals surface area contributed by atoms with Gasteiger partial charge in [0.1, 0.15) is 0 Å². The van der Waals surface area contributed by atoms with Gasteiger partial charge in [0.15, 0.2) is 0 Å². The second-order valence-corrected chi connectivity index (χ2v) is 3.76. The number of rotatable bonds is 4. The van der Waals surface area contributed by atoms with Gasteiger partial charge in [-0.3, -0.25) is 0 Å². The van der Waals surface area contributed by atoms with Crippen LogP contribution in [0.1, 0.15) is 18.2 Å². The summed E-state index contributed by atoms with van der Waals surface area (Å²) in [5.74, 6) is 0. The third-order valence-corrected chi connectivity index (χ3v) is 2.48. The molecule has 0 saturated carbocycles. The maximum atomic E-state index is 8.41. The molecule has 1 N–H and O–H groups in total. The van der Waals surface area contributed by atoms with Crippen molar-refractivity contribution in [2.45, 2.75) is 25.9 Å². The van der Waals surface area contributed by atoms with E-state index in [9.17, 15) is 0 Å². The van der Waals surface area contributed by atoms with Crippen LogP contribution in [0.25, 0.3) is 0 Å². The van der Waals surface area contributed by atoms with E-state index >= 15 is 0 Å². The molecule has 1 atom stereocenters. The second kappa shape index (κ2) is 4.91. The molecule has 2 nitrogen and oxygen atoms in total. The fourth-order valence-electron chi connectivity index (χ4n) is 0.897. The third-order valence-electron chi connectivity index (χ3n) is 1.60. The van der Waals surface area contributed by atoms with Crippen LogP contribution in [0.2, 0.25) is 0 Å². The molecule has 0 aromatic carbocycles. The zero-order chi connectivity index (χ0) is 8.81. The number of nitrogens with zero attached hydrogens (tertiary/aromatic N) is 1. The van der Waals surface area contributed by atoms with Crippen LogP contribution in [-0.4, -0.2) is 6.04 Å². The van der Waals surface area contributed by atoms with Crippen molar-refractivity contribution in [2.75, 3.05) is 0 Å². The van der Waals surface area contributed by atoms with Crippen LogP contribution >= 0.6 is 11.3 Å². The summed E-state index contributed by atoms with van der Waals surface area (Å²) in [5, 5.41) is 13.7. The molecule has 0 spiro atoms. The molecule has 0 fully saturated rings. The highest BCUT2D eigenvalue weighted by molar-refractivity contribution is 7.09. The first kappa shape index (κ1) is 9.24. The van der Waals surface area contributed by atoms with E-state index in [1.165, 1.54) is 4.88 Å². The minimum absolute atomic E-state index is 0.289. The Bertz CT molecular complexity index is 248.